The number of aromatic hydroxyl groups is 1. The zero-order valence-electron chi connectivity index (χ0n) is 23.5. The SMILES string of the molecule is O=C(c1cc(OCC2CCOCC2)nc(C2CC2)c1)N1CC[C@@H]2CN(C(=O)N3CCc4c(O)noc4C3)C[C@@H]2CC1. The summed E-state index contributed by atoms with van der Waals surface area (Å²) in [7, 11) is 0. The van der Waals surface area contributed by atoms with Crippen LogP contribution >= 0.6 is 0 Å². The van der Waals surface area contributed by atoms with Crippen molar-refractivity contribution in [3.8, 4) is 11.8 Å². The number of urea groups is 1. The number of hydrogen-bond donors (Lipinski definition) is 1. The van der Waals surface area contributed by atoms with Gasteiger partial charge in [-0.1, -0.05) is 0 Å². The van der Waals surface area contributed by atoms with E-state index in [4.69, 9.17) is 19.0 Å². The molecule has 1 N–H and O–H groups in total. The fourth-order valence-electron chi connectivity index (χ4n) is 6.89. The smallest absolute Gasteiger partial charge is 0.320 e. The highest BCUT2D eigenvalue weighted by Crippen LogP contribution is 2.40. The molecule has 0 spiro atoms. The summed E-state index contributed by atoms with van der Waals surface area (Å²) in [5.41, 5.74) is 2.36. The van der Waals surface area contributed by atoms with Crippen molar-refractivity contribution < 1.29 is 28.7 Å². The maximum atomic E-state index is 13.7. The van der Waals surface area contributed by atoms with Crippen LogP contribution < -0.4 is 4.74 Å². The molecular weight excluding hydrogens is 526 g/mol. The lowest BCUT2D eigenvalue weighted by molar-refractivity contribution is 0.0490. The minimum atomic E-state index is -0.0658. The van der Waals surface area contributed by atoms with Crippen molar-refractivity contribution in [1.29, 1.82) is 0 Å². The van der Waals surface area contributed by atoms with Gasteiger partial charge in [-0.3, -0.25) is 4.79 Å². The molecule has 11 heteroatoms. The van der Waals surface area contributed by atoms with E-state index in [0.717, 1.165) is 57.4 Å². The van der Waals surface area contributed by atoms with E-state index in [1.807, 2.05) is 21.9 Å². The molecule has 2 atom stereocenters. The molecule has 5 aliphatic rings. The van der Waals surface area contributed by atoms with E-state index in [2.05, 4.69) is 5.16 Å². The molecule has 0 aromatic carbocycles. The molecule has 11 nitrogen and oxygen atoms in total. The van der Waals surface area contributed by atoms with E-state index in [9.17, 15) is 14.7 Å². The Morgan fingerprint density at radius 2 is 1.71 bits per heavy atom. The van der Waals surface area contributed by atoms with Gasteiger partial charge in [0.15, 0.2) is 5.76 Å². The van der Waals surface area contributed by atoms with Gasteiger partial charge in [-0.25, -0.2) is 9.78 Å². The van der Waals surface area contributed by atoms with Crippen LogP contribution in [0.5, 0.6) is 11.8 Å². The van der Waals surface area contributed by atoms with Crippen LogP contribution in [0.2, 0.25) is 0 Å². The van der Waals surface area contributed by atoms with Crippen LogP contribution in [0.1, 0.15) is 71.8 Å². The minimum Gasteiger partial charge on any atom is -0.491 e. The molecule has 2 aromatic heterocycles. The Balaban J connectivity index is 0.966. The van der Waals surface area contributed by atoms with Crippen molar-refractivity contribution in [2.75, 3.05) is 52.5 Å². The van der Waals surface area contributed by atoms with E-state index in [1.54, 1.807) is 4.90 Å². The summed E-state index contributed by atoms with van der Waals surface area (Å²) in [5.74, 6) is 2.78. The molecule has 1 saturated carbocycles. The average Bonchev–Trinajstić information content (AvgIpc) is 3.73. The Kier molecular flexibility index (Phi) is 7.22. The first-order chi connectivity index (χ1) is 20.0. The molecule has 7 rings (SSSR count). The summed E-state index contributed by atoms with van der Waals surface area (Å²) in [6.45, 7) is 5.85. The Labute approximate surface area is 239 Å². The fraction of sp³-hybridized carbons (Fsp3) is 0.667. The summed E-state index contributed by atoms with van der Waals surface area (Å²) in [4.78, 5) is 37.5. The molecule has 6 heterocycles. The summed E-state index contributed by atoms with van der Waals surface area (Å²) in [6, 6.07) is 3.83. The van der Waals surface area contributed by atoms with Crippen molar-refractivity contribution in [2.24, 2.45) is 17.8 Å². The highest BCUT2D eigenvalue weighted by atomic mass is 16.5. The fourth-order valence-corrected chi connectivity index (χ4v) is 6.89. The van der Waals surface area contributed by atoms with Crippen LogP contribution in [0.15, 0.2) is 16.7 Å². The molecule has 3 amide bonds. The Morgan fingerprint density at radius 1 is 0.951 bits per heavy atom. The number of carbonyl (C=O) groups excluding carboxylic acids is 2. The lowest BCUT2D eigenvalue weighted by Crippen LogP contribution is -2.44. The quantitative estimate of drug-likeness (QED) is 0.586. The third-order valence-electron chi connectivity index (χ3n) is 9.63. The number of fused-ring (bicyclic) bond motifs is 2. The third-order valence-corrected chi connectivity index (χ3v) is 9.63. The van der Waals surface area contributed by atoms with Crippen LogP contribution in [0.4, 0.5) is 4.79 Å². The number of aromatic nitrogens is 2. The number of ether oxygens (including phenoxy) is 2. The standard InChI is InChI=1S/C30H39N5O6/c36-28-24-5-10-34(17-26(24)41-32-28)30(38)35-15-21-3-8-33(9-4-22(21)16-35)29(37)23-13-25(20-1-2-20)31-27(14-23)40-18-19-6-11-39-12-7-19/h13-14,19-22H,1-12,15-18H2,(H,32,36)/t21-,22+. The van der Waals surface area contributed by atoms with Gasteiger partial charge in [0.2, 0.25) is 5.88 Å². The van der Waals surface area contributed by atoms with Gasteiger partial charge in [0.1, 0.15) is 0 Å². The van der Waals surface area contributed by atoms with Gasteiger partial charge in [-0.2, -0.15) is 0 Å². The molecule has 2 aromatic rings. The van der Waals surface area contributed by atoms with E-state index in [0.29, 0.717) is 98.7 Å². The van der Waals surface area contributed by atoms with Gasteiger partial charge < -0.3 is 33.8 Å². The maximum absolute atomic E-state index is 13.7. The molecule has 0 unspecified atom stereocenters. The van der Waals surface area contributed by atoms with Crippen molar-refractivity contribution in [1.82, 2.24) is 24.8 Å². The van der Waals surface area contributed by atoms with E-state index in [1.165, 1.54) is 0 Å². The number of pyridine rings is 1. The van der Waals surface area contributed by atoms with Crippen molar-refractivity contribution >= 4 is 11.9 Å². The summed E-state index contributed by atoms with van der Waals surface area (Å²) in [5, 5.41) is 13.4. The number of carbonyl (C=O) groups is 2. The summed E-state index contributed by atoms with van der Waals surface area (Å²) in [6.07, 6.45) is 6.55. The lowest BCUT2D eigenvalue weighted by atomic mass is 9.92. The second-order valence-corrected chi connectivity index (χ2v) is 12.4. The minimum absolute atomic E-state index is 0.0187. The predicted molar refractivity (Wildman–Crippen MR) is 147 cm³/mol. The third kappa shape index (κ3) is 5.60. The van der Waals surface area contributed by atoms with E-state index in [-0.39, 0.29) is 17.8 Å². The largest absolute Gasteiger partial charge is 0.491 e. The second kappa shape index (κ2) is 11.2. The van der Waals surface area contributed by atoms with Crippen LogP contribution in [-0.4, -0.2) is 94.4 Å². The first-order valence-corrected chi connectivity index (χ1v) is 15.2. The lowest BCUT2D eigenvalue weighted by Gasteiger charge is -2.30. The molecule has 41 heavy (non-hydrogen) atoms. The first-order valence-electron chi connectivity index (χ1n) is 15.2. The van der Waals surface area contributed by atoms with Gasteiger partial charge >= 0.3 is 6.03 Å². The molecule has 0 radical (unpaired) electrons. The van der Waals surface area contributed by atoms with E-state index >= 15 is 0 Å². The topological polar surface area (TPSA) is 121 Å². The van der Waals surface area contributed by atoms with Crippen molar-refractivity contribution in [3.63, 3.8) is 0 Å². The highest BCUT2D eigenvalue weighted by Gasteiger charge is 2.40. The van der Waals surface area contributed by atoms with Crippen LogP contribution in [0.25, 0.3) is 0 Å². The number of rotatable bonds is 5. The highest BCUT2D eigenvalue weighted by molar-refractivity contribution is 5.94. The first kappa shape index (κ1) is 26.6. The van der Waals surface area contributed by atoms with Crippen LogP contribution in [0, 0.1) is 17.8 Å². The molecule has 220 valence electrons. The molecule has 3 saturated heterocycles. The number of likely N-dealkylation sites (tertiary alicyclic amines) is 2. The molecule has 4 aliphatic heterocycles. The number of hydrogen-bond acceptors (Lipinski definition) is 8. The summed E-state index contributed by atoms with van der Waals surface area (Å²) < 4.78 is 16.8. The Morgan fingerprint density at radius 3 is 2.44 bits per heavy atom. The van der Waals surface area contributed by atoms with E-state index < -0.39 is 0 Å². The number of nitrogens with zero attached hydrogens (tertiary/aromatic N) is 5. The zero-order valence-corrected chi connectivity index (χ0v) is 23.5. The normalized spacial score (nSPS) is 25.0. The van der Waals surface area contributed by atoms with Gasteiger partial charge in [-0.05, 0) is 73.9 Å². The summed E-state index contributed by atoms with van der Waals surface area (Å²) >= 11 is 0. The monoisotopic (exact) mass is 565 g/mol. The van der Waals surface area contributed by atoms with Gasteiger partial charge in [0.05, 0.1) is 18.7 Å². The Hall–Kier alpha value is -3.34. The Bertz CT molecular complexity index is 1270. The molecule has 1 aliphatic carbocycles. The second-order valence-electron chi connectivity index (χ2n) is 12.4. The van der Waals surface area contributed by atoms with Crippen molar-refractivity contribution in [2.45, 2.75) is 57.4 Å². The van der Waals surface area contributed by atoms with Crippen LogP contribution in [-0.2, 0) is 17.7 Å². The number of amides is 3. The van der Waals surface area contributed by atoms with Gasteiger partial charge in [0.25, 0.3) is 11.8 Å². The van der Waals surface area contributed by atoms with Gasteiger partial charge in [-0.15, -0.1) is 0 Å². The zero-order chi connectivity index (χ0) is 27.9. The average molecular weight is 566 g/mol. The molecule has 4 fully saturated rings. The van der Waals surface area contributed by atoms with Crippen LogP contribution in [0.3, 0.4) is 0 Å². The van der Waals surface area contributed by atoms with Crippen molar-refractivity contribution in [3.05, 3.63) is 34.7 Å². The predicted octanol–water partition coefficient (Wildman–Crippen LogP) is 3.42. The molecular formula is C30H39N5O6. The maximum Gasteiger partial charge on any atom is 0.320 e. The van der Waals surface area contributed by atoms with Gasteiger partial charge in [0, 0.05) is 69.2 Å². The molecule has 0 bridgehead atoms.